The van der Waals surface area contributed by atoms with Crippen molar-refractivity contribution in [3.63, 3.8) is 0 Å². The summed E-state index contributed by atoms with van der Waals surface area (Å²) < 4.78 is 27.1. The molecule has 0 aliphatic carbocycles. The van der Waals surface area contributed by atoms with Crippen LogP contribution in [-0.2, 0) is 19.1 Å². The van der Waals surface area contributed by atoms with Gasteiger partial charge in [-0.1, -0.05) is 34.3 Å². The van der Waals surface area contributed by atoms with Gasteiger partial charge in [-0.3, -0.25) is 9.59 Å². The number of rotatable bonds is 8. The van der Waals surface area contributed by atoms with Crippen LogP contribution in [-0.4, -0.2) is 52.5 Å². The number of ketones is 1. The van der Waals surface area contributed by atoms with E-state index < -0.39 is 36.0 Å². The van der Waals surface area contributed by atoms with Gasteiger partial charge in [-0.2, -0.15) is 0 Å². The number of hydrogen-bond donors (Lipinski definition) is 1. The normalized spacial score (nSPS) is 29.5. The SMILES string of the molecule is C=C1N=C(N)C=CN1[C@@H]1O[C@](CCl)(CCC(=O)C(C)C)[C@@H](OC(=O)C(C)C)[C@H]1F. The van der Waals surface area contributed by atoms with Crippen molar-refractivity contribution in [1.29, 1.82) is 0 Å². The Morgan fingerprint density at radius 2 is 2.07 bits per heavy atom. The summed E-state index contributed by atoms with van der Waals surface area (Å²) in [5, 5.41) is 0. The fraction of sp³-hybridized carbons (Fsp3) is 0.650. The van der Waals surface area contributed by atoms with Crippen LogP contribution in [0.1, 0.15) is 40.5 Å². The van der Waals surface area contributed by atoms with Gasteiger partial charge in [0.2, 0.25) is 0 Å². The summed E-state index contributed by atoms with van der Waals surface area (Å²) in [6.07, 6.45) is -0.938. The minimum atomic E-state index is -1.73. The van der Waals surface area contributed by atoms with Crippen LogP contribution in [0, 0.1) is 11.8 Å². The van der Waals surface area contributed by atoms with Crippen molar-refractivity contribution in [2.45, 2.75) is 64.6 Å². The summed E-state index contributed by atoms with van der Waals surface area (Å²) in [6.45, 7) is 10.7. The Kier molecular flexibility index (Phi) is 7.45. The maximum absolute atomic E-state index is 15.6. The average Bonchev–Trinajstić information content (AvgIpc) is 2.92. The summed E-state index contributed by atoms with van der Waals surface area (Å²) in [6, 6.07) is 0. The molecule has 2 aliphatic heterocycles. The van der Waals surface area contributed by atoms with Crippen LogP contribution in [0.2, 0.25) is 0 Å². The smallest absolute Gasteiger partial charge is 0.308 e. The highest BCUT2D eigenvalue weighted by atomic mass is 35.5. The molecule has 0 spiro atoms. The number of nitrogens with two attached hydrogens (primary N) is 1. The third kappa shape index (κ3) is 4.98. The maximum atomic E-state index is 15.6. The number of nitrogens with zero attached hydrogens (tertiary/aromatic N) is 2. The molecule has 0 amide bonds. The first-order valence-corrected chi connectivity index (χ1v) is 10.2. The Labute approximate surface area is 175 Å². The van der Waals surface area contributed by atoms with Gasteiger partial charge in [0.15, 0.2) is 18.5 Å². The van der Waals surface area contributed by atoms with Crippen molar-refractivity contribution >= 4 is 29.2 Å². The molecule has 0 bridgehead atoms. The molecule has 1 saturated heterocycles. The molecule has 29 heavy (non-hydrogen) atoms. The van der Waals surface area contributed by atoms with Gasteiger partial charge >= 0.3 is 5.97 Å². The van der Waals surface area contributed by atoms with Crippen molar-refractivity contribution in [3.8, 4) is 0 Å². The molecule has 0 aromatic carbocycles. The first-order chi connectivity index (χ1) is 13.5. The molecular formula is C20H29ClFN3O4. The standard InChI is InChI=1S/C20H29ClFN3O4/c1-11(2)14(26)6-8-20(10-21)17(28-19(27)12(3)4)16(22)18(29-20)25-9-7-15(23)24-13(25)5/h7,9,11-12,16-18H,5-6,8,10H2,1-4H3,(H2,23,24)/t16-,17+,18-,20+/m1/s1. The van der Waals surface area contributed by atoms with Crippen molar-refractivity contribution in [3.05, 3.63) is 24.7 Å². The monoisotopic (exact) mass is 429 g/mol. The van der Waals surface area contributed by atoms with Gasteiger partial charge in [0.1, 0.15) is 23.0 Å². The highest BCUT2D eigenvalue weighted by Gasteiger charge is 2.59. The summed E-state index contributed by atoms with van der Waals surface area (Å²) in [4.78, 5) is 29.8. The second kappa shape index (κ2) is 9.26. The van der Waals surface area contributed by atoms with E-state index in [9.17, 15) is 9.59 Å². The molecule has 9 heteroatoms. The second-order valence-electron chi connectivity index (χ2n) is 7.96. The summed E-state index contributed by atoms with van der Waals surface area (Å²) in [7, 11) is 0. The van der Waals surface area contributed by atoms with E-state index in [-0.39, 0.29) is 42.1 Å². The first-order valence-electron chi connectivity index (χ1n) is 9.63. The van der Waals surface area contributed by atoms with Gasteiger partial charge < -0.3 is 20.1 Å². The lowest BCUT2D eigenvalue weighted by Crippen LogP contribution is -2.47. The largest absolute Gasteiger partial charge is 0.456 e. The van der Waals surface area contributed by atoms with Crippen LogP contribution < -0.4 is 5.73 Å². The maximum Gasteiger partial charge on any atom is 0.308 e. The van der Waals surface area contributed by atoms with E-state index in [4.69, 9.17) is 26.8 Å². The third-order valence-corrected chi connectivity index (χ3v) is 5.50. The molecule has 0 unspecified atom stereocenters. The molecule has 2 N–H and O–H groups in total. The van der Waals surface area contributed by atoms with Crippen molar-refractivity contribution < 1.29 is 23.5 Å². The van der Waals surface area contributed by atoms with Crippen LogP contribution in [0.25, 0.3) is 0 Å². The van der Waals surface area contributed by atoms with E-state index in [1.807, 2.05) is 0 Å². The Hall–Kier alpha value is -1.93. The van der Waals surface area contributed by atoms with E-state index in [1.54, 1.807) is 27.7 Å². The predicted octanol–water partition coefficient (Wildman–Crippen LogP) is 2.89. The summed E-state index contributed by atoms with van der Waals surface area (Å²) >= 11 is 6.21. The van der Waals surface area contributed by atoms with E-state index in [1.165, 1.54) is 17.2 Å². The molecular weight excluding hydrogens is 401 g/mol. The predicted molar refractivity (Wildman–Crippen MR) is 109 cm³/mol. The average molecular weight is 430 g/mol. The van der Waals surface area contributed by atoms with Crippen molar-refractivity contribution in [1.82, 2.24) is 4.90 Å². The van der Waals surface area contributed by atoms with Gasteiger partial charge in [0.05, 0.1) is 11.8 Å². The van der Waals surface area contributed by atoms with Gasteiger partial charge in [-0.25, -0.2) is 9.38 Å². The number of carbonyl (C=O) groups is 2. The number of aliphatic imine (C=N–C) groups is 1. The second-order valence-corrected chi connectivity index (χ2v) is 8.23. The lowest BCUT2D eigenvalue weighted by atomic mass is 9.89. The zero-order chi connectivity index (χ0) is 21.9. The number of hydrogen-bond acceptors (Lipinski definition) is 7. The molecule has 0 saturated carbocycles. The number of alkyl halides is 2. The third-order valence-electron chi connectivity index (χ3n) is 5.05. The van der Waals surface area contributed by atoms with Crippen molar-refractivity contribution in [2.24, 2.45) is 22.6 Å². The van der Waals surface area contributed by atoms with E-state index in [2.05, 4.69) is 11.6 Å². The number of Topliss-reactive ketones (excluding diaryl/α,β-unsaturated/α-hetero) is 1. The van der Waals surface area contributed by atoms with Crippen LogP contribution in [0.15, 0.2) is 29.7 Å². The lowest BCUT2D eigenvalue weighted by molar-refractivity contribution is -0.165. The van der Waals surface area contributed by atoms with Gasteiger partial charge in [0, 0.05) is 18.5 Å². The topological polar surface area (TPSA) is 94.2 Å². The highest BCUT2D eigenvalue weighted by Crippen LogP contribution is 2.42. The Bertz CT molecular complexity index is 725. The van der Waals surface area contributed by atoms with E-state index in [0.717, 1.165) is 0 Å². The fourth-order valence-electron chi connectivity index (χ4n) is 3.17. The minimum Gasteiger partial charge on any atom is -0.456 e. The van der Waals surface area contributed by atoms with Crippen LogP contribution in [0.3, 0.4) is 0 Å². The zero-order valence-corrected chi connectivity index (χ0v) is 18.0. The first kappa shape index (κ1) is 23.3. The number of amidine groups is 1. The molecule has 2 rings (SSSR count). The minimum absolute atomic E-state index is 0.00876. The zero-order valence-electron chi connectivity index (χ0n) is 17.2. The van der Waals surface area contributed by atoms with Crippen molar-refractivity contribution in [2.75, 3.05) is 5.88 Å². The van der Waals surface area contributed by atoms with E-state index in [0.29, 0.717) is 0 Å². The Morgan fingerprint density at radius 3 is 2.59 bits per heavy atom. The highest BCUT2D eigenvalue weighted by molar-refractivity contribution is 6.18. The molecule has 0 aromatic heterocycles. The molecule has 7 nitrogen and oxygen atoms in total. The molecule has 162 valence electrons. The summed E-state index contributed by atoms with van der Waals surface area (Å²) in [5.41, 5.74) is 4.29. The number of carbonyl (C=O) groups excluding carboxylic acids is 2. The Morgan fingerprint density at radius 1 is 1.41 bits per heavy atom. The fourth-order valence-corrected chi connectivity index (χ4v) is 3.52. The quantitative estimate of drug-likeness (QED) is 0.471. The van der Waals surface area contributed by atoms with E-state index >= 15 is 4.39 Å². The Balaban J connectivity index is 2.34. The van der Waals surface area contributed by atoms with Crippen LogP contribution in [0.4, 0.5) is 4.39 Å². The van der Waals surface area contributed by atoms with Gasteiger partial charge in [0.25, 0.3) is 0 Å². The van der Waals surface area contributed by atoms with Gasteiger partial charge in [-0.15, -0.1) is 11.6 Å². The molecule has 2 aliphatic rings. The number of esters is 1. The van der Waals surface area contributed by atoms with Crippen LogP contribution in [0.5, 0.6) is 0 Å². The van der Waals surface area contributed by atoms with Crippen LogP contribution >= 0.6 is 11.6 Å². The number of ether oxygens (including phenoxy) is 2. The molecule has 0 aromatic rings. The molecule has 1 fully saturated rings. The number of halogens is 2. The molecule has 2 heterocycles. The van der Waals surface area contributed by atoms with Gasteiger partial charge in [-0.05, 0) is 12.5 Å². The summed E-state index contributed by atoms with van der Waals surface area (Å²) in [5.74, 6) is -0.947. The molecule has 0 radical (unpaired) electrons. The molecule has 4 atom stereocenters. The lowest BCUT2D eigenvalue weighted by Gasteiger charge is -2.33.